The predicted molar refractivity (Wildman–Crippen MR) is 94.4 cm³/mol. The number of carbonyl (C=O) groups excluding carboxylic acids is 1. The van der Waals surface area contributed by atoms with Gasteiger partial charge in [-0.25, -0.2) is 0 Å². The number of carbonyl (C=O) groups is 1. The van der Waals surface area contributed by atoms with Gasteiger partial charge in [-0.15, -0.1) is 20.2 Å². The number of rotatable bonds is 6. The molecule has 1 fully saturated rings. The summed E-state index contributed by atoms with van der Waals surface area (Å²) in [6.07, 6.45) is 8.02. The van der Waals surface area contributed by atoms with Crippen LogP contribution in [0.4, 0.5) is 5.69 Å². The quantitative estimate of drug-likeness (QED) is 0.539. The zero-order valence-corrected chi connectivity index (χ0v) is 14.4. The minimum atomic E-state index is 0.0593. The number of hydrogen-bond donors (Lipinski definition) is 3. The third kappa shape index (κ3) is 3.34. The highest BCUT2D eigenvalue weighted by Crippen LogP contribution is 2.29. The maximum absolute atomic E-state index is 13.0. The first-order valence-electron chi connectivity index (χ1n) is 8.96. The smallest absolute Gasteiger partial charge is 0.368 e. The molecule has 2 heterocycles. The molecule has 136 valence electrons. The number of aromatic nitrogens is 2. The van der Waals surface area contributed by atoms with Crippen molar-refractivity contribution in [3.8, 4) is 0 Å². The molecule has 0 unspecified atom stereocenters. The van der Waals surface area contributed by atoms with Crippen molar-refractivity contribution in [2.24, 2.45) is 11.1 Å². The molecule has 9 heteroatoms. The summed E-state index contributed by atoms with van der Waals surface area (Å²) in [6, 6.07) is 5.41. The van der Waals surface area contributed by atoms with Crippen molar-refractivity contribution in [1.29, 1.82) is 0 Å². The second-order valence-electron chi connectivity index (χ2n) is 6.83. The number of hydrazine groups is 1. The maximum Gasteiger partial charge on any atom is 0.368 e. The first-order valence-corrected chi connectivity index (χ1v) is 8.96. The second-order valence-corrected chi connectivity index (χ2v) is 6.83. The van der Waals surface area contributed by atoms with E-state index in [1.165, 1.54) is 25.7 Å². The van der Waals surface area contributed by atoms with E-state index in [0.29, 0.717) is 30.2 Å². The highest BCUT2D eigenvalue weighted by Gasteiger charge is 2.25. The van der Waals surface area contributed by atoms with Crippen molar-refractivity contribution in [2.75, 3.05) is 11.4 Å². The molecule has 3 N–H and O–H groups in total. The Bertz CT molecular complexity index is 878. The molecule has 0 atom stereocenters. The van der Waals surface area contributed by atoms with Gasteiger partial charge in [0.1, 0.15) is 12.1 Å². The fraction of sp³-hybridized carbons (Fsp3) is 0.471. The van der Waals surface area contributed by atoms with E-state index in [1.54, 1.807) is 17.2 Å². The molecule has 4 rings (SSSR count). The minimum Gasteiger partial charge on any atom is -0.411 e. The molecule has 1 aliphatic carbocycles. The van der Waals surface area contributed by atoms with Crippen LogP contribution in [0, 0.1) is 5.92 Å². The van der Waals surface area contributed by atoms with Gasteiger partial charge in [0.2, 0.25) is 5.91 Å². The molecule has 1 aliphatic heterocycles. The van der Waals surface area contributed by atoms with Crippen molar-refractivity contribution in [1.82, 2.24) is 20.9 Å². The number of fused-ring (bicyclic) bond motifs is 1. The van der Waals surface area contributed by atoms with Gasteiger partial charge in [-0.05, 0) is 30.5 Å². The Morgan fingerprint density at radius 2 is 2.23 bits per heavy atom. The Morgan fingerprint density at radius 1 is 1.38 bits per heavy atom. The number of nitrogens with one attached hydrogen (secondary N) is 2. The van der Waals surface area contributed by atoms with E-state index in [2.05, 4.69) is 26.1 Å². The number of amidine groups is 1. The monoisotopic (exact) mass is 356 g/mol. The summed E-state index contributed by atoms with van der Waals surface area (Å²) in [6.45, 7) is 0.304. The van der Waals surface area contributed by atoms with E-state index >= 15 is 0 Å². The number of benzene rings is 1. The highest BCUT2D eigenvalue weighted by molar-refractivity contribution is 6.00. The van der Waals surface area contributed by atoms with Crippen LogP contribution in [0.1, 0.15) is 38.5 Å². The summed E-state index contributed by atoms with van der Waals surface area (Å²) in [5.41, 5.74) is 6.74. The largest absolute Gasteiger partial charge is 0.411 e. The van der Waals surface area contributed by atoms with Gasteiger partial charge in [0.15, 0.2) is 5.22 Å². The summed E-state index contributed by atoms with van der Waals surface area (Å²) >= 11 is 0. The molecule has 2 aromatic rings. The molecule has 1 aromatic heterocycles. The number of hydrogen-bond acceptors (Lipinski definition) is 6. The molecule has 1 saturated carbocycles. The maximum atomic E-state index is 13.0. The molecular weight excluding hydrogens is 334 g/mol. The lowest BCUT2D eigenvalue weighted by Gasteiger charge is -2.21. The van der Waals surface area contributed by atoms with Gasteiger partial charge in [-0.3, -0.25) is 4.79 Å². The molecule has 1 amide bonds. The van der Waals surface area contributed by atoms with Crippen LogP contribution in [-0.4, -0.2) is 38.2 Å². The molecule has 0 spiro atoms. The Kier molecular flexibility index (Phi) is 4.45. The zero-order chi connectivity index (χ0) is 17.9. The van der Waals surface area contributed by atoms with Gasteiger partial charge in [-0.1, -0.05) is 31.2 Å². The lowest BCUT2D eigenvalue weighted by molar-refractivity contribution is -0.119. The van der Waals surface area contributed by atoms with Crippen LogP contribution in [-0.2, 0) is 4.79 Å². The number of anilines is 1. The lowest BCUT2D eigenvalue weighted by Crippen LogP contribution is -2.42. The molecule has 26 heavy (non-hydrogen) atoms. The predicted octanol–water partition coefficient (Wildman–Crippen LogP) is 1.66. The molecule has 9 nitrogen and oxygen atoms in total. The third-order valence-electron chi connectivity index (χ3n) is 5.12. The summed E-state index contributed by atoms with van der Waals surface area (Å²) < 4.78 is 0. The Labute approximate surface area is 150 Å². The molecular formula is C17H22N7O2+. The van der Waals surface area contributed by atoms with Crippen molar-refractivity contribution in [2.45, 2.75) is 38.5 Å². The minimum absolute atomic E-state index is 0.0593. The fourth-order valence-electron chi connectivity index (χ4n) is 3.68. The van der Waals surface area contributed by atoms with Crippen molar-refractivity contribution in [3.63, 3.8) is 0 Å². The number of nitrogens with zero attached hydrogens (tertiary/aromatic N) is 5. The zero-order valence-electron chi connectivity index (χ0n) is 14.4. The van der Waals surface area contributed by atoms with Crippen LogP contribution >= 0.6 is 0 Å². The first kappa shape index (κ1) is 16.4. The van der Waals surface area contributed by atoms with Gasteiger partial charge in [0.25, 0.3) is 0 Å². The van der Waals surface area contributed by atoms with E-state index in [1.807, 2.05) is 12.1 Å². The average Bonchev–Trinajstić information content (AvgIpc) is 3.40. The van der Waals surface area contributed by atoms with Crippen LogP contribution in [0.15, 0.2) is 29.6 Å². The van der Waals surface area contributed by atoms with E-state index in [0.717, 1.165) is 22.3 Å². The van der Waals surface area contributed by atoms with Crippen LogP contribution in [0.2, 0.25) is 0 Å². The second kappa shape index (κ2) is 7.05. The molecule has 2 aliphatic rings. The van der Waals surface area contributed by atoms with Gasteiger partial charge < -0.3 is 10.1 Å². The Morgan fingerprint density at radius 3 is 3.00 bits per heavy atom. The molecule has 0 bridgehead atoms. The standard InChI is InChI=1S/C17H21N7O2/c25-17(8-5-12-3-1-2-4-12)23(11-16-19-21-22-20-16)14-6-7-15-13(9-14)10-18-24(15)26/h6-7,9-10,12,26H,1-5,8,11H2,(H,19,20,21,22)/p+1. The van der Waals surface area contributed by atoms with Crippen molar-refractivity contribution in [3.05, 3.63) is 24.4 Å². The average molecular weight is 356 g/mol. The summed E-state index contributed by atoms with van der Waals surface area (Å²) in [4.78, 5) is 19.4. The van der Waals surface area contributed by atoms with Crippen LogP contribution in [0.3, 0.4) is 0 Å². The van der Waals surface area contributed by atoms with Crippen LogP contribution < -0.4 is 15.9 Å². The molecule has 1 aromatic carbocycles. The fourth-order valence-corrected chi connectivity index (χ4v) is 3.68. The lowest BCUT2D eigenvalue weighted by atomic mass is 10.0. The van der Waals surface area contributed by atoms with E-state index < -0.39 is 0 Å². The van der Waals surface area contributed by atoms with Gasteiger partial charge >= 0.3 is 5.84 Å². The molecule has 0 radical (unpaired) electrons. The Hall–Kier alpha value is -3.06. The van der Waals surface area contributed by atoms with E-state index in [9.17, 15) is 10.0 Å². The topological polar surface area (TPSA) is 109 Å². The highest BCUT2D eigenvalue weighted by atomic mass is 16.5. The van der Waals surface area contributed by atoms with Crippen LogP contribution in [0.5, 0.6) is 0 Å². The van der Waals surface area contributed by atoms with Gasteiger partial charge in [-0.2, -0.15) is 0 Å². The van der Waals surface area contributed by atoms with Crippen molar-refractivity contribution >= 4 is 28.3 Å². The van der Waals surface area contributed by atoms with Gasteiger partial charge in [0.05, 0.1) is 6.20 Å². The van der Waals surface area contributed by atoms with Crippen LogP contribution in [0.25, 0.3) is 10.9 Å². The summed E-state index contributed by atoms with van der Waals surface area (Å²) in [7, 11) is 0. The van der Waals surface area contributed by atoms with E-state index in [4.69, 9.17) is 0 Å². The summed E-state index contributed by atoms with van der Waals surface area (Å²) in [5, 5.41) is 17.9. The Balaban J connectivity index is 1.55. The first-order chi connectivity index (χ1) is 12.7. The van der Waals surface area contributed by atoms with Crippen molar-refractivity contribution < 1.29 is 14.8 Å². The third-order valence-corrected chi connectivity index (χ3v) is 5.12. The normalized spacial score (nSPS) is 16.5. The number of amides is 1. The molecule has 0 saturated heterocycles. The summed E-state index contributed by atoms with van der Waals surface area (Å²) in [5.74, 6) is 1.30. The van der Waals surface area contributed by atoms with E-state index in [-0.39, 0.29) is 5.91 Å². The van der Waals surface area contributed by atoms with Gasteiger partial charge in [0, 0.05) is 17.5 Å². The SMILES string of the molecule is O=C(CCC1CCCC1)N(CC1=[N+]=NNN1)c1ccc2c(cnn2O)c1.